The number of nitrogens with zero attached hydrogens (tertiary/aromatic N) is 2. The van der Waals surface area contributed by atoms with Crippen molar-refractivity contribution in [1.29, 1.82) is 0 Å². The molecule has 0 saturated carbocycles. The van der Waals surface area contributed by atoms with Gasteiger partial charge in [0.1, 0.15) is 0 Å². The van der Waals surface area contributed by atoms with Crippen LogP contribution in [0.1, 0.15) is 25.8 Å². The molecule has 1 N–H and O–H groups in total. The Labute approximate surface area is 101 Å². The molecule has 0 spiro atoms. The van der Waals surface area contributed by atoms with Crippen LogP contribution in [0.5, 0.6) is 0 Å². The smallest absolute Gasteiger partial charge is 0.248 e. The Morgan fingerprint density at radius 3 is 2.65 bits per heavy atom. The number of benzene rings is 1. The van der Waals surface area contributed by atoms with Gasteiger partial charge in [-0.1, -0.05) is 44.2 Å². The SMILES string of the molecule is CC(C)C(=O)N1N=CC[C@@]1(O)c1ccccc1. The van der Waals surface area contributed by atoms with Gasteiger partial charge in [0.15, 0.2) is 5.72 Å². The minimum atomic E-state index is -1.33. The Morgan fingerprint density at radius 1 is 1.41 bits per heavy atom. The largest absolute Gasteiger partial charge is 0.365 e. The molecule has 1 aromatic rings. The molecule has 0 aliphatic carbocycles. The molecule has 0 aromatic heterocycles. The first kappa shape index (κ1) is 11.8. The van der Waals surface area contributed by atoms with E-state index in [0.29, 0.717) is 12.0 Å². The van der Waals surface area contributed by atoms with Gasteiger partial charge in [-0.25, -0.2) is 0 Å². The van der Waals surface area contributed by atoms with Gasteiger partial charge in [0.25, 0.3) is 0 Å². The highest BCUT2D eigenvalue weighted by Crippen LogP contribution is 2.33. The molecule has 2 rings (SSSR count). The van der Waals surface area contributed by atoms with Crippen LogP contribution in [0.3, 0.4) is 0 Å². The Kier molecular flexibility index (Phi) is 2.98. The summed E-state index contributed by atoms with van der Waals surface area (Å²) in [6.45, 7) is 3.59. The van der Waals surface area contributed by atoms with Crippen LogP contribution in [0.25, 0.3) is 0 Å². The van der Waals surface area contributed by atoms with Crippen LogP contribution in [0.2, 0.25) is 0 Å². The van der Waals surface area contributed by atoms with Crippen molar-refractivity contribution in [2.24, 2.45) is 11.0 Å². The third-order valence-corrected chi connectivity index (χ3v) is 2.86. The van der Waals surface area contributed by atoms with Crippen LogP contribution in [-0.4, -0.2) is 22.2 Å². The van der Waals surface area contributed by atoms with Crippen LogP contribution < -0.4 is 0 Å². The lowest BCUT2D eigenvalue weighted by molar-refractivity contribution is -0.161. The number of hydrogen-bond acceptors (Lipinski definition) is 3. The zero-order chi connectivity index (χ0) is 12.5. The highest BCUT2D eigenvalue weighted by atomic mass is 16.3. The standard InChI is InChI=1S/C13H16N2O2/c1-10(2)12(16)15-13(17,8-9-14-15)11-6-4-3-5-7-11/h3-7,9-10,17H,8H2,1-2H3/t13-/m1/s1. The van der Waals surface area contributed by atoms with Crippen molar-refractivity contribution in [3.05, 3.63) is 35.9 Å². The van der Waals surface area contributed by atoms with Crippen LogP contribution in [0, 0.1) is 5.92 Å². The summed E-state index contributed by atoms with van der Waals surface area (Å²) in [7, 11) is 0. The molecule has 0 saturated heterocycles. The first-order valence-corrected chi connectivity index (χ1v) is 5.70. The van der Waals surface area contributed by atoms with Crippen molar-refractivity contribution < 1.29 is 9.90 Å². The fraction of sp³-hybridized carbons (Fsp3) is 0.385. The molecule has 1 heterocycles. The lowest BCUT2D eigenvalue weighted by Crippen LogP contribution is -2.45. The summed E-state index contributed by atoms with van der Waals surface area (Å²) in [5, 5.41) is 15.8. The van der Waals surface area contributed by atoms with E-state index in [9.17, 15) is 9.90 Å². The molecule has 0 radical (unpaired) electrons. The zero-order valence-electron chi connectivity index (χ0n) is 10.00. The maximum Gasteiger partial charge on any atom is 0.248 e. The number of amides is 1. The first-order valence-electron chi connectivity index (χ1n) is 5.70. The summed E-state index contributed by atoms with van der Waals surface area (Å²) >= 11 is 0. The molecular weight excluding hydrogens is 216 g/mol. The summed E-state index contributed by atoms with van der Waals surface area (Å²) in [6.07, 6.45) is 1.91. The van der Waals surface area contributed by atoms with Gasteiger partial charge in [-0.3, -0.25) is 4.79 Å². The first-order chi connectivity index (χ1) is 8.05. The fourth-order valence-corrected chi connectivity index (χ4v) is 1.86. The van der Waals surface area contributed by atoms with Gasteiger partial charge in [-0.2, -0.15) is 10.1 Å². The van der Waals surface area contributed by atoms with E-state index in [1.807, 2.05) is 18.2 Å². The summed E-state index contributed by atoms with van der Waals surface area (Å²) in [4.78, 5) is 12.0. The summed E-state index contributed by atoms with van der Waals surface area (Å²) < 4.78 is 0. The zero-order valence-corrected chi connectivity index (χ0v) is 10.00. The minimum absolute atomic E-state index is 0.176. The monoisotopic (exact) mass is 232 g/mol. The van der Waals surface area contributed by atoms with Crippen molar-refractivity contribution in [2.75, 3.05) is 0 Å². The van der Waals surface area contributed by atoms with Gasteiger partial charge < -0.3 is 5.11 Å². The second kappa shape index (κ2) is 4.30. The second-order valence-electron chi connectivity index (χ2n) is 4.49. The van der Waals surface area contributed by atoms with Crippen molar-refractivity contribution in [1.82, 2.24) is 5.01 Å². The maximum absolute atomic E-state index is 12.0. The normalized spacial score (nSPS) is 23.4. The third-order valence-electron chi connectivity index (χ3n) is 2.86. The highest BCUT2D eigenvalue weighted by Gasteiger charge is 2.42. The molecule has 1 amide bonds. The van der Waals surface area contributed by atoms with E-state index in [4.69, 9.17) is 0 Å². The third kappa shape index (κ3) is 1.96. The van der Waals surface area contributed by atoms with Gasteiger partial charge in [0.2, 0.25) is 5.91 Å². The number of carbonyl (C=O) groups excluding carboxylic acids is 1. The summed E-state index contributed by atoms with van der Waals surface area (Å²) in [5.41, 5.74) is -0.644. The molecule has 1 aliphatic rings. The van der Waals surface area contributed by atoms with Gasteiger partial charge in [0.05, 0.1) is 0 Å². The molecule has 0 fully saturated rings. The maximum atomic E-state index is 12.0. The number of hydrazone groups is 1. The summed E-state index contributed by atoms with van der Waals surface area (Å²) in [5.74, 6) is -0.370. The number of aliphatic hydroxyl groups is 1. The Bertz CT molecular complexity index is 442. The molecular formula is C13H16N2O2. The number of rotatable bonds is 2. The van der Waals surface area contributed by atoms with Crippen molar-refractivity contribution in [2.45, 2.75) is 26.0 Å². The number of hydrogen-bond donors (Lipinski definition) is 1. The van der Waals surface area contributed by atoms with Crippen LogP contribution in [0.15, 0.2) is 35.4 Å². The van der Waals surface area contributed by atoms with E-state index in [1.165, 1.54) is 5.01 Å². The van der Waals surface area contributed by atoms with Crippen molar-refractivity contribution in [3.63, 3.8) is 0 Å². The Hall–Kier alpha value is -1.68. The van der Waals surface area contributed by atoms with Crippen LogP contribution >= 0.6 is 0 Å². The second-order valence-corrected chi connectivity index (χ2v) is 4.49. The molecule has 17 heavy (non-hydrogen) atoms. The number of carbonyl (C=O) groups is 1. The minimum Gasteiger partial charge on any atom is -0.365 e. The van der Waals surface area contributed by atoms with Gasteiger partial charge in [-0.05, 0) is 0 Å². The topological polar surface area (TPSA) is 52.9 Å². The average molecular weight is 232 g/mol. The molecule has 1 aromatic carbocycles. The van der Waals surface area contributed by atoms with Gasteiger partial charge in [0, 0.05) is 24.1 Å². The van der Waals surface area contributed by atoms with E-state index < -0.39 is 5.72 Å². The van der Waals surface area contributed by atoms with E-state index in [2.05, 4.69) is 5.10 Å². The fourth-order valence-electron chi connectivity index (χ4n) is 1.86. The average Bonchev–Trinajstić information content (AvgIpc) is 2.72. The van der Waals surface area contributed by atoms with E-state index >= 15 is 0 Å². The molecule has 0 unspecified atom stereocenters. The molecule has 0 bridgehead atoms. The van der Waals surface area contributed by atoms with Crippen LogP contribution in [-0.2, 0) is 10.5 Å². The van der Waals surface area contributed by atoms with E-state index in [1.54, 1.807) is 32.2 Å². The van der Waals surface area contributed by atoms with E-state index in [0.717, 1.165) is 0 Å². The predicted octanol–water partition coefficient (Wildman–Crippen LogP) is 1.71. The quantitative estimate of drug-likeness (QED) is 0.843. The van der Waals surface area contributed by atoms with E-state index in [-0.39, 0.29) is 11.8 Å². The lowest BCUT2D eigenvalue weighted by Gasteiger charge is -2.32. The van der Waals surface area contributed by atoms with Crippen LogP contribution in [0.4, 0.5) is 0 Å². The molecule has 1 aliphatic heterocycles. The van der Waals surface area contributed by atoms with Crippen molar-refractivity contribution >= 4 is 12.1 Å². The lowest BCUT2D eigenvalue weighted by atomic mass is 9.99. The predicted molar refractivity (Wildman–Crippen MR) is 65.1 cm³/mol. The Balaban J connectivity index is 2.35. The van der Waals surface area contributed by atoms with Gasteiger partial charge >= 0.3 is 0 Å². The van der Waals surface area contributed by atoms with Crippen molar-refractivity contribution in [3.8, 4) is 0 Å². The Morgan fingerprint density at radius 2 is 2.06 bits per heavy atom. The molecule has 4 nitrogen and oxygen atoms in total. The molecule has 4 heteroatoms. The molecule has 1 atom stereocenters. The molecule has 90 valence electrons. The highest BCUT2D eigenvalue weighted by molar-refractivity contribution is 5.81. The van der Waals surface area contributed by atoms with Gasteiger partial charge in [-0.15, -0.1) is 0 Å². The summed E-state index contributed by atoms with van der Waals surface area (Å²) in [6, 6.07) is 9.15.